The third-order valence-corrected chi connectivity index (χ3v) is 7.23. The van der Waals surface area contributed by atoms with Crippen LogP contribution in [0.2, 0.25) is 15.1 Å². The monoisotopic (exact) mass is 568 g/mol. The molecule has 0 aliphatic heterocycles. The molecule has 0 aliphatic carbocycles. The summed E-state index contributed by atoms with van der Waals surface area (Å²) in [5, 5.41) is 0.779. The van der Waals surface area contributed by atoms with E-state index in [1.807, 2.05) is 0 Å². The molecular weight excluding hydrogens is 560 g/mol. The first kappa shape index (κ1) is 24.7. The number of nitrogens with one attached hydrogen (secondary N) is 1. The summed E-state index contributed by atoms with van der Waals surface area (Å²) in [6.45, 7) is 0. The Labute approximate surface area is 209 Å². The second-order valence-electron chi connectivity index (χ2n) is 6.59. The van der Waals surface area contributed by atoms with E-state index < -0.39 is 22.1 Å². The summed E-state index contributed by atoms with van der Waals surface area (Å²) >= 11 is 19.7. The van der Waals surface area contributed by atoms with Crippen LogP contribution in [0.3, 0.4) is 0 Å². The number of hydrogen-bond acceptors (Lipinski definition) is 6. The molecule has 4 rings (SSSR count). The van der Waals surface area contributed by atoms with E-state index >= 15 is 0 Å². The van der Waals surface area contributed by atoms with Gasteiger partial charge in [0.25, 0.3) is 15.2 Å². The smallest absolute Gasteiger partial charge is 0.428 e. The van der Waals surface area contributed by atoms with E-state index in [9.17, 15) is 21.6 Å². The molecule has 14 heteroatoms. The Morgan fingerprint density at radius 2 is 1.59 bits per heavy atom. The zero-order valence-electron chi connectivity index (χ0n) is 16.4. The van der Waals surface area contributed by atoms with Crippen molar-refractivity contribution < 1.29 is 31.1 Å². The normalized spacial score (nSPS) is 12.1. The highest BCUT2D eigenvalue weighted by Crippen LogP contribution is 2.41. The standard InChI is InChI=1S/C20H10Cl3F3N2O4S2/c21-10-1-6-16-17(7-10)33-19(27-16)31-18-14(22)8-11(9-15(18)23)28-34(29,30)13-4-2-12(3-5-13)32-20(24,25)26/h1-9,28H. The number of thiazole rings is 1. The third-order valence-electron chi connectivity index (χ3n) is 4.14. The lowest BCUT2D eigenvalue weighted by Gasteiger charge is -2.13. The fraction of sp³-hybridized carbons (Fsp3) is 0.0500. The lowest BCUT2D eigenvalue weighted by atomic mass is 10.3. The Kier molecular flexibility index (Phi) is 6.76. The molecule has 0 fully saturated rings. The lowest BCUT2D eigenvalue weighted by Crippen LogP contribution is -2.17. The van der Waals surface area contributed by atoms with Gasteiger partial charge in [-0.3, -0.25) is 4.72 Å². The maximum Gasteiger partial charge on any atom is 0.573 e. The number of rotatable bonds is 6. The molecule has 0 spiro atoms. The number of aromatic nitrogens is 1. The molecule has 0 saturated carbocycles. The van der Waals surface area contributed by atoms with Crippen LogP contribution in [-0.4, -0.2) is 19.8 Å². The van der Waals surface area contributed by atoms with Crippen molar-refractivity contribution in [3.8, 4) is 16.7 Å². The van der Waals surface area contributed by atoms with E-state index in [4.69, 9.17) is 39.5 Å². The van der Waals surface area contributed by atoms with Crippen LogP contribution < -0.4 is 14.2 Å². The summed E-state index contributed by atoms with van der Waals surface area (Å²) in [5.74, 6) is -0.499. The van der Waals surface area contributed by atoms with Crippen LogP contribution in [0.4, 0.5) is 18.9 Å². The van der Waals surface area contributed by atoms with Gasteiger partial charge in [0.2, 0.25) is 0 Å². The van der Waals surface area contributed by atoms with Gasteiger partial charge in [0.15, 0.2) is 5.75 Å². The van der Waals surface area contributed by atoms with E-state index in [-0.39, 0.29) is 31.6 Å². The number of sulfonamides is 1. The molecule has 0 saturated heterocycles. The molecule has 3 aromatic carbocycles. The van der Waals surface area contributed by atoms with E-state index in [0.717, 1.165) is 29.0 Å². The van der Waals surface area contributed by atoms with Crippen molar-refractivity contribution in [2.75, 3.05) is 4.72 Å². The molecule has 0 unspecified atom stereocenters. The summed E-state index contributed by atoms with van der Waals surface area (Å²) in [5.41, 5.74) is 0.668. The zero-order chi connectivity index (χ0) is 24.7. The van der Waals surface area contributed by atoms with E-state index in [0.29, 0.717) is 10.5 Å². The summed E-state index contributed by atoms with van der Waals surface area (Å²) in [7, 11) is -4.17. The molecule has 178 valence electrons. The van der Waals surface area contributed by atoms with E-state index in [1.54, 1.807) is 18.2 Å². The molecule has 0 atom stereocenters. The average molecular weight is 570 g/mol. The maximum absolute atomic E-state index is 12.6. The van der Waals surface area contributed by atoms with Gasteiger partial charge in [-0.15, -0.1) is 13.2 Å². The molecule has 0 aliphatic rings. The predicted molar refractivity (Wildman–Crippen MR) is 125 cm³/mol. The van der Waals surface area contributed by atoms with Crippen LogP contribution in [0, 0.1) is 0 Å². The largest absolute Gasteiger partial charge is 0.573 e. The first-order chi connectivity index (χ1) is 15.9. The SMILES string of the molecule is O=S(=O)(Nc1cc(Cl)c(Oc2nc3ccc(Cl)cc3s2)c(Cl)c1)c1ccc(OC(F)(F)F)cc1. The maximum atomic E-state index is 12.6. The number of benzene rings is 3. The van der Waals surface area contributed by atoms with E-state index in [1.165, 1.54) is 23.5 Å². The van der Waals surface area contributed by atoms with Gasteiger partial charge < -0.3 is 9.47 Å². The molecule has 0 radical (unpaired) electrons. The van der Waals surface area contributed by atoms with Crippen molar-refractivity contribution in [2.24, 2.45) is 0 Å². The summed E-state index contributed by atoms with van der Waals surface area (Å²) in [6, 6.07) is 11.4. The molecular formula is C20H10Cl3F3N2O4S2. The van der Waals surface area contributed by atoms with Crippen molar-refractivity contribution in [3.05, 3.63) is 69.7 Å². The molecule has 6 nitrogen and oxygen atoms in total. The highest BCUT2D eigenvalue weighted by molar-refractivity contribution is 7.92. The topological polar surface area (TPSA) is 77.5 Å². The van der Waals surface area contributed by atoms with Crippen LogP contribution >= 0.6 is 46.1 Å². The number of alkyl halides is 3. The fourth-order valence-corrected chi connectivity index (χ4v) is 5.46. The van der Waals surface area contributed by atoms with Crippen LogP contribution in [-0.2, 0) is 10.0 Å². The van der Waals surface area contributed by atoms with Gasteiger partial charge in [-0.05, 0) is 54.6 Å². The molecule has 0 amide bonds. The van der Waals surface area contributed by atoms with Crippen molar-refractivity contribution in [1.29, 1.82) is 0 Å². The lowest BCUT2D eigenvalue weighted by molar-refractivity contribution is -0.274. The van der Waals surface area contributed by atoms with Crippen LogP contribution in [0.15, 0.2) is 59.5 Å². The van der Waals surface area contributed by atoms with Gasteiger partial charge >= 0.3 is 6.36 Å². The van der Waals surface area contributed by atoms with Crippen LogP contribution in [0.1, 0.15) is 0 Å². The number of fused-ring (bicyclic) bond motifs is 1. The molecule has 0 bridgehead atoms. The Morgan fingerprint density at radius 1 is 0.941 bits per heavy atom. The van der Waals surface area contributed by atoms with Crippen molar-refractivity contribution >= 4 is 72.1 Å². The highest BCUT2D eigenvalue weighted by Gasteiger charge is 2.31. The second-order valence-corrected chi connectivity index (χ2v) is 10.5. The van der Waals surface area contributed by atoms with Gasteiger partial charge in [0, 0.05) is 5.02 Å². The minimum absolute atomic E-state index is 0.00332. The summed E-state index contributed by atoms with van der Waals surface area (Å²) in [6.07, 6.45) is -4.89. The van der Waals surface area contributed by atoms with Gasteiger partial charge in [0.05, 0.1) is 30.8 Å². The number of anilines is 1. The third kappa shape index (κ3) is 5.78. The molecule has 1 aromatic heterocycles. The van der Waals surface area contributed by atoms with Crippen molar-refractivity contribution in [3.63, 3.8) is 0 Å². The zero-order valence-corrected chi connectivity index (χ0v) is 20.3. The quantitative estimate of drug-likeness (QED) is 0.257. The van der Waals surface area contributed by atoms with Gasteiger partial charge in [-0.25, -0.2) is 13.4 Å². The average Bonchev–Trinajstić information content (AvgIpc) is 3.11. The van der Waals surface area contributed by atoms with E-state index in [2.05, 4.69) is 14.4 Å². The summed E-state index contributed by atoms with van der Waals surface area (Å²) < 4.78 is 74.6. The van der Waals surface area contributed by atoms with Crippen molar-refractivity contribution in [1.82, 2.24) is 4.98 Å². The molecule has 34 heavy (non-hydrogen) atoms. The molecule has 4 aromatic rings. The fourth-order valence-electron chi connectivity index (χ4n) is 2.76. The second kappa shape index (κ2) is 9.31. The van der Waals surface area contributed by atoms with Gasteiger partial charge in [0.1, 0.15) is 5.75 Å². The Hall–Kier alpha value is -2.44. The summed E-state index contributed by atoms with van der Waals surface area (Å²) in [4.78, 5) is 4.01. The Bertz CT molecular complexity index is 1450. The first-order valence-electron chi connectivity index (χ1n) is 9.01. The van der Waals surface area contributed by atoms with Crippen LogP contribution in [0.25, 0.3) is 10.2 Å². The number of ether oxygens (including phenoxy) is 2. The van der Waals surface area contributed by atoms with Crippen molar-refractivity contribution in [2.45, 2.75) is 11.3 Å². The number of halogens is 6. The number of hydrogen-bond donors (Lipinski definition) is 1. The van der Waals surface area contributed by atoms with Gasteiger partial charge in [-0.2, -0.15) is 0 Å². The molecule has 1 heterocycles. The Morgan fingerprint density at radius 3 is 2.21 bits per heavy atom. The highest BCUT2D eigenvalue weighted by atomic mass is 35.5. The molecule has 1 N–H and O–H groups in total. The predicted octanol–water partition coefficient (Wildman–Crippen LogP) is 7.75. The first-order valence-corrected chi connectivity index (χ1v) is 12.4. The minimum Gasteiger partial charge on any atom is -0.428 e. The number of nitrogens with zero attached hydrogens (tertiary/aromatic N) is 1. The minimum atomic E-state index is -4.89. The van der Waals surface area contributed by atoms with Crippen LogP contribution in [0.5, 0.6) is 16.7 Å². The Balaban J connectivity index is 1.54. The van der Waals surface area contributed by atoms with Gasteiger partial charge in [-0.1, -0.05) is 46.1 Å².